The lowest BCUT2D eigenvalue weighted by atomic mass is 10.1. The second-order valence-corrected chi connectivity index (χ2v) is 8.42. The molecule has 0 unspecified atom stereocenters. The van der Waals surface area contributed by atoms with E-state index in [2.05, 4.69) is 40.1 Å². The first-order valence-corrected chi connectivity index (χ1v) is 10.4. The summed E-state index contributed by atoms with van der Waals surface area (Å²) in [6, 6.07) is 9.45. The van der Waals surface area contributed by atoms with Crippen LogP contribution in [0.1, 0.15) is 21.5 Å². The van der Waals surface area contributed by atoms with E-state index in [4.69, 9.17) is 14.5 Å². The van der Waals surface area contributed by atoms with Crippen LogP contribution in [0, 0.1) is 13.8 Å². The molecule has 6 nitrogen and oxygen atoms in total. The number of nitrogens with zero attached hydrogens (tertiary/aromatic N) is 2. The Kier molecular flexibility index (Phi) is 6.39. The van der Waals surface area contributed by atoms with Crippen LogP contribution in [0.15, 0.2) is 30.3 Å². The summed E-state index contributed by atoms with van der Waals surface area (Å²) in [5, 5.41) is 0.710. The second kappa shape index (κ2) is 8.80. The summed E-state index contributed by atoms with van der Waals surface area (Å²) in [4.78, 5) is 21.3. The zero-order chi connectivity index (χ0) is 21.1. The van der Waals surface area contributed by atoms with Gasteiger partial charge in [-0.2, -0.15) is 0 Å². The topological polar surface area (TPSA) is 56.1 Å². The Hall–Kier alpha value is -2.64. The fraction of sp³-hybridized carbons (Fsp3) is 0.364. The molecule has 1 aromatic heterocycles. The molecule has 3 rings (SSSR count). The fourth-order valence-corrected chi connectivity index (χ4v) is 4.23. The maximum atomic E-state index is 13.5. The first kappa shape index (κ1) is 21.1. The smallest absolute Gasteiger partial charge is 0.260 e. The lowest BCUT2D eigenvalue weighted by molar-refractivity contribution is -0.856. The molecule has 29 heavy (non-hydrogen) atoms. The molecule has 1 N–H and O–H groups in total. The van der Waals surface area contributed by atoms with Crippen LogP contribution >= 0.6 is 11.3 Å². The van der Waals surface area contributed by atoms with Crippen molar-refractivity contribution in [1.82, 2.24) is 4.98 Å². The molecule has 0 aliphatic rings. The molecule has 2 aromatic carbocycles. The number of aromatic nitrogens is 1. The number of hydrogen-bond donors (Lipinski definition) is 1. The van der Waals surface area contributed by atoms with E-state index in [1.165, 1.54) is 16.0 Å². The summed E-state index contributed by atoms with van der Waals surface area (Å²) < 4.78 is 11.8. The monoisotopic (exact) mass is 414 g/mol. The predicted octanol–water partition coefficient (Wildman–Crippen LogP) is 2.72. The van der Waals surface area contributed by atoms with Gasteiger partial charge in [-0.3, -0.25) is 9.69 Å². The number of carbonyl (C=O) groups is 1. The molecule has 0 aliphatic carbocycles. The van der Waals surface area contributed by atoms with Crippen molar-refractivity contribution < 1.29 is 19.2 Å². The molecule has 0 spiro atoms. The molecule has 154 valence electrons. The highest BCUT2D eigenvalue weighted by atomic mass is 32.1. The number of aryl methyl sites for hydroxylation is 2. The zero-order valence-corrected chi connectivity index (χ0v) is 18.6. The van der Waals surface area contributed by atoms with Crippen LogP contribution in [0.3, 0.4) is 0 Å². The van der Waals surface area contributed by atoms with E-state index in [-0.39, 0.29) is 5.91 Å². The number of hydrogen-bond acceptors (Lipinski definition) is 5. The Morgan fingerprint density at radius 3 is 2.31 bits per heavy atom. The number of ether oxygens (including phenoxy) is 2. The average Bonchev–Trinajstić information content (AvgIpc) is 3.11. The van der Waals surface area contributed by atoms with E-state index < -0.39 is 0 Å². The van der Waals surface area contributed by atoms with Crippen LogP contribution in [0.4, 0.5) is 5.13 Å². The molecule has 1 amide bonds. The maximum Gasteiger partial charge on any atom is 0.260 e. The van der Waals surface area contributed by atoms with Crippen molar-refractivity contribution in [2.45, 2.75) is 13.8 Å². The standard InChI is InChI=1S/C22H27N3O3S/c1-14-9-15(2)20-19(10-14)23-22(29-20)25(8-7-24(3)4)21(26)16-11-17(27-5)13-18(12-16)28-6/h9-13H,7-8H2,1-6H3/p+1. The number of likely N-dealkylation sites (N-methyl/N-ethyl adjacent to an activating group) is 1. The van der Waals surface area contributed by atoms with Crippen molar-refractivity contribution in [3.63, 3.8) is 0 Å². The van der Waals surface area contributed by atoms with Crippen molar-refractivity contribution in [2.24, 2.45) is 0 Å². The highest BCUT2D eigenvalue weighted by Gasteiger charge is 2.24. The first-order valence-electron chi connectivity index (χ1n) is 9.54. The molecular weight excluding hydrogens is 386 g/mol. The number of carbonyl (C=O) groups excluding carboxylic acids is 1. The summed E-state index contributed by atoms with van der Waals surface area (Å²) in [5.74, 6) is 1.06. The third-order valence-electron chi connectivity index (χ3n) is 4.72. The molecule has 0 atom stereocenters. The summed E-state index contributed by atoms with van der Waals surface area (Å²) in [6.07, 6.45) is 0. The lowest BCUT2D eigenvalue weighted by Gasteiger charge is -2.21. The summed E-state index contributed by atoms with van der Waals surface area (Å²) in [7, 11) is 7.30. The van der Waals surface area contributed by atoms with E-state index in [1.807, 2.05) is 0 Å². The van der Waals surface area contributed by atoms with Gasteiger partial charge in [-0.1, -0.05) is 17.4 Å². The number of anilines is 1. The number of thiazole rings is 1. The number of fused-ring (bicyclic) bond motifs is 1. The van der Waals surface area contributed by atoms with Crippen LogP contribution in [-0.2, 0) is 0 Å². The predicted molar refractivity (Wildman–Crippen MR) is 118 cm³/mol. The Morgan fingerprint density at radius 2 is 1.72 bits per heavy atom. The summed E-state index contributed by atoms with van der Waals surface area (Å²) in [6.45, 7) is 5.52. The number of benzene rings is 2. The van der Waals surface area contributed by atoms with Gasteiger partial charge in [0.1, 0.15) is 11.5 Å². The Morgan fingerprint density at radius 1 is 1.07 bits per heavy atom. The Bertz CT molecular complexity index is 1010. The van der Waals surface area contributed by atoms with Gasteiger partial charge < -0.3 is 14.4 Å². The number of nitrogens with one attached hydrogen (secondary N) is 1. The van der Waals surface area contributed by atoms with Gasteiger partial charge in [-0.05, 0) is 43.2 Å². The fourth-order valence-electron chi connectivity index (χ4n) is 3.19. The third-order valence-corrected chi connectivity index (χ3v) is 5.95. The Balaban J connectivity index is 2.06. The Labute approximate surface area is 175 Å². The van der Waals surface area contributed by atoms with Crippen molar-refractivity contribution >= 4 is 32.6 Å². The van der Waals surface area contributed by atoms with Gasteiger partial charge in [0.25, 0.3) is 5.91 Å². The molecule has 0 radical (unpaired) electrons. The van der Waals surface area contributed by atoms with Crippen molar-refractivity contribution in [1.29, 1.82) is 0 Å². The number of rotatable bonds is 7. The molecule has 0 aliphatic heterocycles. The minimum atomic E-state index is -0.114. The molecular formula is C22H28N3O3S+. The minimum Gasteiger partial charge on any atom is -0.497 e. The zero-order valence-electron chi connectivity index (χ0n) is 17.8. The minimum absolute atomic E-state index is 0.114. The average molecular weight is 415 g/mol. The van der Waals surface area contributed by atoms with Crippen LogP contribution in [0.2, 0.25) is 0 Å². The highest BCUT2D eigenvalue weighted by molar-refractivity contribution is 7.22. The number of quaternary nitrogens is 1. The quantitative estimate of drug-likeness (QED) is 0.646. The first-order chi connectivity index (χ1) is 13.8. The van der Waals surface area contributed by atoms with E-state index in [9.17, 15) is 4.79 Å². The number of amides is 1. The summed E-state index contributed by atoms with van der Waals surface area (Å²) in [5.41, 5.74) is 3.79. The molecule has 0 fully saturated rings. The van der Waals surface area contributed by atoms with Gasteiger partial charge in [0.05, 0.1) is 51.6 Å². The van der Waals surface area contributed by atoms with Gasteiger partial charge in [-0.15, -0.1) is 0 Å². The van der Waals surface area contributed by atoms with Crippen LogP contribution in [-0.4, -0.2) is 52.3 Å². The van der Waals surface area contributed by atoms with Crippen molar-refractivity contribution in [3.05, 3.63) is 47.0 Å². The van der Waals surface area contributed by atoms with E-state index in [0.29, 0.717) is 28.7 Å². The largest absolute Gasteiger partial charge is 0.497 e. The molecule has 0 saturated heterocycles. The van der Waals surface area contributed by atoms with Crippen molar-refractivity contribution in [3.8, 4) is 11.5 Å². The normalized spacial score (nSPS) is 11.1. The van der Waals surface area contributed by atoms with Gasteiger partial charge >= 0.3 is 0 Å². The van der Waals surface area contributed by atoms with Crippen LogP contribution < -0.4 is 19.3 Å². The lowest BCUT2D eigenvalue weighted by Crippen LogP contribution is -3.06. The SMILES string of the molecule is COc1cc(OC)cc(C(=O)N(CC[NH+](C)C)c2nc3cc(C)cc(C)c3s2)c1. The van der Waals surface area contributed by atoms with E-state index in [1.54, 1.807) is 48.7 Å². The highest BCUT2D eigenvalue weighted by Crippen LogP contribution is 2.33. The van der Waals surface area contributed by atoms with Gasteiger partial charge in [0.2, 0.25) is 0 Å². The van der Waals surface area contributed by atoms with E-state index in [0.717, 1.165) is 16.8 Å². The maximum absolute atomic E-state index is 13.5. The van der Waals surface area contributed by atoms with Crippen molar-refractivity contribution in [2.75, 3.05) is 46.3 Å². The van der Waals surface area contributed by atoms with Gasteiger partial charge in [0, 0.05) is 11.6 Å². The molecule has 1 heterocycles. The third kappa shape index (κ3) is 4.68. The van der Waals surface area contributed by atoms with Gasteiger partial charge in [-0.25, -0.2) is 4.98 Å². The molecule has 0 bridgehead atoms. The molecule has 0 saturated carbocycles. The molecule has 7 heteroatoms. The summed E-state index contributed by atoms with van der Waals surface area (Å²) >= 11 is 1.56. The van der Waals surface area contributed by atoms with E-state index >= 15 is 0 Å². The van der Waals surface area contributed by atoms with Crippen LogP contribution in [0.25, 0.3) is 10.2 Å². The second-order valence-electron chi connectivity index (χ2n) is 7.44. The number of methoxy groups -OCH3 is 2. The van der Waals surface area contributed by atoms with Crippen LogP contribution in [0.5, 0.6) is 11.5 Å². The molecule has 3 aromatic rings. The van der Waals surface area contributed by atoms with Gasteiger partial charge in [0.15, 0.2) is 5.13 Å².